The monoisotopic (exact) mass is 532 g/mol. The van der Waals surface area contributed by atoms with E-state index in [2.05, 4.69) is 15.6 Å². The minimum atomic E-state index is -0.329. The molecule has 188 valence electrons. The molecule has 2 aromatic carbocycles. The zero-order valence-corrected chi connectivity index (χ0v) is 21.8. The number of hydrogen-bond donors (Lipinski definition) is 2. The lowest BCUT2D eigenvalue weighted by atomic mass is 10.0. The van der Waals surface area contributed by atoms with Crippen molar-refractivity contribution >= 4 is 46.2 Å². The molecule has 0 aliphatic carbocycles. The lowest BCUT2D eigenvalue weighted by Gasteiger charge is -2.27. The first-order chi connectivity index (χ1) is 18.0. The van der Waals surface area contributed by atoms with E-state index in [-0.39, 0.29) is 18.0 Å². The quantitative estimate of drug-likeness (QED) is 0.262. The fourth-order valence-electron chi connectivity index (χ4n) is 4.37. The standard InChI is InChI=1S/C28H25ClN4O3S/c1-3-25(34)31-20-12-11-19(16-24(20)35-2)33-27(26(32-28(33)37)21-6-4-5-15-30-21)23-14-13-22(36-23)17-7-9-18(29)10-8-17/h4-16,26-27H,3H2,1-2H3,(H,31,34)(H,32,37)/t26-,27+/m1/s1. The number of pyridine rings is 1. The van der Waals surface area contributed by atoms with E-state index in [1.165, 1.54) is 0 Å². The number of anilines is 2. The second-order valence-corrected chi connectivity index (χ2v) is 9.31. The number of carbonyl (C=O) groups is 1. The van der Waals surface area contributed by atoms with Gasteiger partial charge in [-0.3, -0.25) is 9.78 Å². The van der Waals surface area contributed by atoms with Crippen LogP contribution >= 0.6 is 23.8 Å². The Kier molecular flexibility index (Phi) is 7.12. The Morgan fingerprint density at radius 3 is 2.68 bits per heavy atom. The summed E-state index contributed by atoms with van der Waals surface area (Å²) in [5, 5.41) is 7.49. The number of nitrogens with one attached hydrogen (secondary N) is 2. The van der Waals surface area contributed by atoms with Crippen LogP contribution in [0.2, 0.25) is 5.02 Å². The number of thiocarbonyl (C=S) groups is 1. The zero-order valence-electron chi connectivity index (χ0n) is 20.3. The van der Waals surface area contributed by atoms with Crippen molar-refractivity contribution in [3.05, 3.63) is 95.5 Å². The van der Waals surface area contributed by atoms with Gasteiger partial charge in [-0.15, -0.1) is 0 Å². The molecule has 2 N–H and O–H groups in total. The molecule has 0 saturated carbocycles. The average Bonchev–Trinajstić information content (AvgIpc) is 3.54. The molecule has 4 aromatic rings. The maximum Gasteiger partial charge on any atom is 0.224 e. The van der Waals surface area contributed by atoms with Gasteiger partial charge in [0.15, 0.2) is 5.11 Å². The first-order valence-corrected chi connectivity index (χ1v) is 12.6. The predicted molar refractivity (Wildman–Crippen MR) is 149 cm³/mol. The molecule has 37 heavy (non-hydrogen) atoms. The topological polar surface area (TPSA) is 79.6 Å². The number of methoxy groups -OCH3 is 1. The van der Waals surface area contributed by atoms with E-state index in [4.69, 9.17) is 33.0 Å². The van der Waals surface area contributed by atoms with E-state index in [0.717, 1.165) is 28.5 Å². The van der Waals surface area contributed by atoms with Gasteiger partial charge in [-0.05, 0) is 72.9 Å². The molecule has 1 saturated heterocycles. The molecule has 1 amide bonds. The van der Waals surface area contributed by atoms with Crippen LogP contribution in [0.4, 0.5) is 11.4 Å². The van der Waals surface area contributed by atoms with E-state index in [9.17, 15) is 4.79 Å². The highest BCUT2D eigenvalue weighted by molar-refractivity contribution is 7.80. The number of ether oxygens (including phenoxy) is 1. The molecule has 1 aliphatic rings. The number of aromatic nitrogens is 1. The first-order valence-electron chi connectivity index (χ1n) is 11.8. The van der Waals surface area contributed by atoms with Crippen LogP contribution in [0.1, 0.15) is 36.9 Å². The van der Waals surface area contributed by atoms with Crippen LogP contribution in [0, 0.1) is 0 Å². The number of carbonyl (C=O) groups excluding carboxylic acids is 1. The summed E-state index contributed by atoms with van der Waals surface area (Å²) in [5.41, 5.74) is 3.14. The van der Waals surface area contributed by atoms with Crippen LogP contribution in [-0.2, 0) is 4.79 Å². The number of nitrogens with zero attached hydrogens (tertiary/aromatic N) is 2. The summed E-state index contributed by atoms with van der Waals surface area (Å²) in [7, 11) is 1.57. The van der Waals surface area contributed by atoms with Crippen molar-refractivity contribution < 1.29 is 13.9 Å². The van der Waals surface area contributed by atoms with Gasteiger partial charge >= 0.3 is 0 Å². The maximum absolute atomic E-state index is 12.0. The highest BCUT2D eigenvalue weighted by Gasteiger charge is 2.42. The summed E-state index contributed by atoms with van der Waals surface area (Å²) >= 11 is 11.9. The van der Waals surface area contributed by atoms with Crippen LogP contribution in [-0.4, -0.2) is 23.1 Å². The molecular weight excluding hydrogens is 508 g/mol. The molecule has 2 aromatic heterocycles. The van der Waals surface area contributed by atoms with Gasteiger partial charge < -0.3 is 24.7 Å². The Morgan fingerprint density at radius 2 is 1.97 bits per heavy atom. The number of benzene rings is 2. The number of rotatable bonds is 7. The summed E-state index contributed by atoms with van der Waals surface area (Å²) in [5.74, 6) is 1.88. The number of hydrogen-bond acceptors (Lipinski definition) is 5. The van der Waals surface area contributed by atoms with Crippen molar-refractivity contribution in [2.24, 2.45) is 0 Å². The van der Waals surface area contributed by atoms with E-state index in [1.807, 2.05) is 77.7 Å². The molecule has 0 radical (unpaired) electrons. The lowest BCUT2D eigenvalue weighted by molar-refractivity contribution is -0.115. The first kappa shape index (κ1) is 24.8. The Labute approximate surface area is 225 Å². The second-order valence-electron chi connectivity index (χ2n) is 8.49. The number of amides is 1. The molecule has 2 atom stereocenters. The van der Waals surface area contributed by atoms with E-state index in [1.54, 1.807) is 20.2 Å². The molecule has 1 fully saturated rings. The van der Waals surface area contributed by atoms with Gasteiger partial charge in [0.1, 0.15) is 23.3 Å². The molecule has 1 aliphatic heterocycles. The summed E-state index contributed by atoms with van der Waals surface area (Å²) in [6.45, 7) is 1.80. The largest absolute Gasteiger partial charge is 0.494 e. The van der Waals surface area contributed by atoms with E-state index >= 15 is 0 Å². The minimum absolute atomic E-state index is 0.0946. The summed E-state index contributed by atoms with van der Waals surface area (Å²) in [6, 6.07) is 22.2. The van der Waals surface area contributed by atoms with Gasteiger partial charge in [-0.2, -0.15) is 0 Å². The van der Waals surface area contributed by atoms with E-state index < -0.39 is 0 Å². The van der Waals surface area contributed by atoms with Crippen LogP contribution in [0.3, 0.4) is 0 Å². The second kappa shape index (κ2) is 10.6. The van der Waals surface area contributed by atoms with Gasteiger partial charge in [0.2, 0.25) is 5.91 Å². The molecule has 5 rings (SSSR count). The third kappa shape index (κ3) is 5.03. The van der Waals surface area contributed by atoms with Gasteiger partial charge in [0, 0.05) is 35.0 Å². The molecule has 9 heteroatoms. The van der Waals surface area contributed by atoms with Gasteiger partial charge in [0.05, 0.1) is 24.5 Å². The van der Waals surface area contributed by atoms with Crippen molar-refractivity contribution in [2.45, 2.75) is 25.4 Å². The molecule has 3 heterocycles. The number of halogens is 1. The average molecular weight is 533 g/mol. The SMILES string of the molecule is CCC(=O)Nc1ccc(N2C(=S)N[C@H](c3ccccn3)[C@@H]2c2ccc(-c3ccc(Cl)cc3)o2)cc1OC. The molecule has 0 bridgehead atoms. The van der Waals surface area contributed by atoms with Crippen LogP contribution in [0.25, 0.3) is 11.3 Å². The van der Waals surface area contributed by atoms with Crippen molar-refractivity contribution in [2.75, 3.05) is 17.3 Å². The third-order valence-corrected chi connectivity index (χ3v) is 6.77. The molecular formula is C28H25ClN4O3S. The third-order valence-electron chi connectivity index (χ3n) is 6.20. The molecule has 7 nitrogen and oxygen atoms in total. The minimum Gasteiger partial charge on any atom is -0.494 e. The van der Waals surface area contributed by atoms with Crippen molar-refractivity contribution in [1.82, 2.24) is 10.3 Å². The summed E-state index contributed by atoms with van der Waals surface area (Å²) < 4.78 is 12.0. The van der Waals surface area contributed by atoms with Crippen molar-refractivity contribution in [1.29, 1.82) is 0 Å². The highest BCUT2D eigenvalue weighted by Crippen LogP contribution is 2.44. The highest BCUT2D eigenvalue weighted by atomic mass is 35.5. The number of furan rings is 1. The Balaban J connectivity index is 1.57. The molecule has 0 unspecified atom stereocenters. The van der Waals surface area contributed by atoms with Crippen LogP contribution in [0.15, 0.2) is 83.4 Å². The van der Waals surface area contributed by atoms with Gasteiger partial charge in [-0.25, -0.2) is 0 Å². The predicted octanol–water partition coefficient (Wildman–Crippen LogP) is 6.53. The normalized spacial score (nSPS) is 16.9. The summed E-state index contributed by atoms with van der Waals surface area (Å²) in [6.07, 6.45) is 2.13. The maximum atomic E-state index is 12.0. The summed E-state index contributed by atoms with van der Waals surface area (Å²) in [4.78, 5) is 18.6. The van der Waals surface area contributed by atoms with Gasteiger partial charge in [0.25, 0.3) is 0 Å². The molecule has 0 spiro atoms. The smallest absolute Gasteiger partial charge is 0.224 e. The van der Waals surface area contributed by atoms with Crippen LogP contribution in [0.5, 0.6) is 5.75 Å². The zero-order chi connectivity index (χ0) is 25.9. The Morgan fingerprint density at radius 1 is 1.16 bits per heavy atom. The fourth-order valence-corrected chi connectivity index (χ4v) is 4.85. The van der Waals surface area contributed by atoms with Crippen LogP contribution < -0.4 is 20.3 Å². The van der Waals surface area contributed by atoms with Crippen molar-refractivity contribution in [3.63, 3.8) is 0 Å². The Bertz CT molecular complexity index is 1430. The lowest BCUT2D eigenvalue weighted by Crippen LogP contribution is -2.29. The Hall–Kier alpha value is -3.88. The van der Waals surface area contributed by atoms with Crippen molar-refractivity contribution in [3.8, 4) is 17.1 Å². The fraction of sp³-hybridized carbons (Fsp3) is 0.179. The van der Waals surface area contributed by atoms with Gasteiger partial charge in [-0.1, -0.05) is 24.6 Å². The van der Waals surface area contributed by atoms with E-state index in [0.29, 0.717) is 28.0 Å².